The average Bonchev–Trinajstić information content (AvgIpc) is 2.64. The number of unbranched alkanes of at least 4 members (excludes halogenated alkanes) is 1. The predicted molar refractivity (Wildman–Crippen MR) is 102 cm³/mol. The Morgan fingerprint density at radius 3 is 2.59 bits per heavy atom. The lowest BCUT2D eigenvalue weighted by Crippen LogP contribution is -2.45. The highest BCUT2D eigenvalue weighted by Crippen LogP contribution is 2.34. The number of benzene rings is 1. The van der Waals surface area contributed by atoms with Crippen LogP contribution in [0.15, 0.2) is 23.1 Å². The molecule has 0 bridgehead atoms. The number of rotatable bonds is 9. The van der Waals surface area contributed by atoms with Crippen LogP contribution in [-0.4, -0.2) is 57.3 Å². The van der Waals surface area contributed by atoms with Crippen molar-refractivity contribution >= 4 is 27.5 Å². The number of fused-ring (bicyclic) bond motifs is 1. The minimum absolute atomic E-state index is 0.0691. The minimum Gasteiger partial charge on any atom is -0.482 e. The van der Waals surface area contributed by atoms with Crippen LogP contribution in [0.5, 0.6) is 5.75 Å². The molecule has 0 fully saturated rings. The summed E-state index contributed by atoms with van der Waals surface area (Å²) in [5.74, 6) is -0.290. The molecule has 1 heterocycles. The van der Waals surface area contributed by atoms with Gasteiger partial charge in [-0.15, -0.1) is 0 Å². The predicted octanol–water partition coefficient (Wildman–Crippen LogP) is 1.36. The van der Waals surface area contributed by atoms with Crippen LogP contribution in [0, 0.1) is 0 Å². The first-order valence-electron chi connectivity index (χ1n) is 9.19. The van der Waals surface area contributed by atoms with Crippen molar-refractivity contribution in [3.8, 4) is 5.75 Å². The van der Waals surface area contributed by atoms with E-state index in [9.17, 15) is 18.0 Å². The molecule has 27 heavy (non-hydrogen) atoms. The van der Waals surface area contributed by atoms with Crippen LogP contribution in [-0.2, 0) is 19.6 Å². The van der Waals surface area contributed by atoms with E-state index in [0.717, 1.165) is 12.8 Å². The zero-order valence-corrected chi connectivity index (χ0v) is 16.8. The largest absolute Gasteiger partial charge is 0.482 e. The highest BCUT2D eigenvalue weighted by molar-refractivity contribution is 7.89. The van der Waals surface area contributed by atoms with Crippen LogP contribution in [0.25, 0.3) is 0 Å². The summed E-state index contributed by atoms with van der Waals surface area (Å²) in [4.78, 5) is 25.8. The van der Waals surface area contributed by atoms with E-state index in [2.05, 4.69) is 5.32 Å². The summed E-state index contributed by atoms with van der Waals surface area (Å²) < 4.78 is 32.3. The number of hydrogen-bond acceptors (Lipinski definition) is 5. The van der Waals surface area contributed by atoms with Crippen LogP contribution in [0.1, 0.15) is 33.6 Å². The Balaban J connectivity index is 2.32. The Kier molecular flexibility index (Phi) is 7.20. The molecule has 2 rings (SSSR count). The fourth-order valence-corrected chi connectivity index (χ4v) is 4.31. The number of hydrogen-bond donors (Lipinski definition) is 1. The second-order valence-electron chi connectivity index (χ2n) is 6.19. The number of carbonyl (C=O) groups is 2. The van der Waals surface area contributed by atoms with Gasteiger partial charge < -0.3 is 10.1 Å². The molecule has 150 valence electrons. The van der Waals surface area contributed by atoms with E-state index in [1.54, 1.807) is 13.8 Å². The zero-order chi connectivity index (χ0) is 20.0. The standard InChI is InChI=1S/C18H27N3O5S/c1-4-7-10-19-17(22)12-21-15-11-14(27(24,25)20(5-2)6-3)8-9-16(15)26-13-18(21)23/h8-9,11H,4-7,10,12-13H2,1-3H3,(H,19,22). The molecule has 1 N–H and O–H groups in total. The van der Waals surface area contributed by atoms with Crippen LogP contribution >= 0.6 is 0 Å². The van der Waals surface area contributed by atoms with E-state index in [4.69, 9.17) is 4.74 Å². The lowest BCUT2D eigenvalue weighted by molar-refractivity contribution is -0.125. The average molecular weight is 397 g/mol. The van der Waals surface area contributed by atoms with Crippen molar-refractivity contribution in [2.45, 2.75) is 38.5 Å². The van der Waals surface area contributed by atoms with Crippen molar-refractivity contribution in [2.75, 3.05) is 37.7 Å². The van der Waals surface area contributed by atoms with Gasteiger partial charge in [0.25, 0.3) is 5.91 Å². The van der Waals surface area contributed by atoms with Gasteiger partial charge in [-0.1, -0.05) is 27.2 Å². The molecule has 0 saturated carbocycles. The van der Waals surface area contributed by atoms with Gasteiger partial charge >= 0.3 is 0 Å². The summed E-state index contributed by atoms with van der Waals surface area (Å²) in [6, 6.07) is 4.39. The highest BCUT2D eigenvalue weighted by atomic mass is 32.2. The molecule has 0 radical (unpaired) electrons. The summed E-state index contributed by atoms with van der Waals surface area (Å²) in [6.07, 6.45) is 1.80. The van der Waals surface area contributed by atoms with E-state index >= 15 is 0 Å². The molecule has 0 spiro atoms. The fraction of sp³-hybridized carbons (Fsp3) is 0.556. The summed E-state index contributed by atoms with van der Waals surface area (Å²) >= 11 is 0. The summed E-state index contributed by atoms with van der Waals surface area (Å²) in [7, 11) is -3.68. The molecule has 1 aromatic rings. The van der Waals surface area contributed by atoms with Crippen LogP contribution in [0.4, 0.5) is 5.69 Å². The highest BCUT2D eigenvalue weighted by Gasteiger charge is 2.30. The van der Waals surface area contributed by atoms with E-state index < -0.39 is 10.0 Å². The summed E-state index contributed by atoms with van der Waals surface area (Å²) in [5, 5.41) is 2.76. The smallest absolute Gasteiger partial charge is 0.265 e. The third kappa shape index (κ3) is 4.78. The van der Waals surface area contributed by atoms with Gasteiger partial charge in [-0.2, -0.15) is 4.31 Å². The zero-order valence-electron chi connectivity index (χ0n) is 16.0. The maximum absolute atomic E-state index is 12.8. The van der Waals surface area contributed by atoms with Gasteiger partial charge in [0.2, 0.25) is 15.9 Å². The van der Waals surface area contributed by atoms with Gasteiger partial charge in [0.1, 0.15) is 12.3 Å². The lowest BCUT2D eigenvalue weighted by Gasteiger charge is -2.29. The molecule has 1 aliphatic rings. The topological polar surface area (TPSA) is 96.0 Å². The van der Waals surface area contributed by atoms with Gasteiger partial charge in [0, 0.05) is 19.6 Å². The van der Waals surface area contributed by atoms with Crippen molar-refractivity contribution in [1.29, 1.82) is 0 Å². The van der Waals surface area contributed by atoms with Crippen LogP contribution in [0.2, 0.25) is 0 Å². The molecule has 0 aliphatic carbocycles. The Morgan fingerprint density at radius 2 is 1.96 bits per heavy atom. The lowest BCUT2D eigenvalue weighted by atomic mass is 10.2. The maximum Gasteiger partial charge on any atom is 0.265 e. The molecule has 9 heteroatoms. The van der Waals surface area contributed by atoms with Crippen LogP contribution < -0.4 is 15.0 Å². The first-order valence-corrected chi connectivity index (χ1v) is 10.6. The first kappa shape index (κ1) is 21.2. The normalized spacial score (nSPS) is 14.1. The Hall–Kier alpha value is -2.13. The number of amides is 2. The van der Waals surface area contributed by atoms with E-state index in [1.807, 2.05) is 6.92 Å². The number of ether oxygens (including phenoxy) is 1. The second kappa shape index (κ2) is 9.18. The van der Waals surface area contributed by atoms with Gasteiger partial charge in [-0.05, 0) is 24.6 Å². The molecule has 0 aromatic heterocycles. The van der Waals surface area contributed by atoms with Crippen molar-refractivity contribution in [3.63, 3.8) is 0 Å². The van der Waals surface area contributed by atoms with Crippen molar-refractivity contribution in [2.24, 2.45) is 0 Å². The molecular formula is C18H27N3O5S. The molecule has 0 saturated heterocycles. The van der Waals surface area contributed by atoms with Gasteiger partial charge in [0.05, 0.1) is 10.6 Å². The number of carbonyl (C=O) groups excluding carboxylic acids is 2. The Bertz CT molecular complexity index is 790. The Morgan fingerprint density at radius 1 is 1.26 bits per heavy atom. The van der Waals surface area contributed by atoms with E-state index in [-0.39, 0.29) is 29.9 Å². The van der Waals surface area contributed by atoms with Gasteiger partial charge in [-0.25, -0.2) is 8.42 Å². The van der Waals surface area contributed by atoms with E-state index in [1.165, 1.54) is 27.4 Å². The summed E-state index contributed by atoms with van der Waals surface area (Å²) in [6.45, 7) is 6.41. The molecule has 1 aliphatic heterocycles. The van der Waals surface area contributed by atoms with Crippen molar-refractivity contribution in [1.82, 2.24) is 9.62 Å². The monoisotopic (exact) mass is 397 g/mol. The molecule has 8 nitrogen and oxygen atoms in total. The quantitative estimate of drug-likeness (QED) is 0.635. The number of nitrogens with zero attached hydrogens (tertiary/aromatic N) is 2. The molecule has 2 amide bonds. The van der Waals surface area contributed by atoms with Crippen molar-refractivity contribution in [3.05, 3.63) is 18.2 Å². The molecule has 1 aromatic carbocycles. The third-order valence-corrected chi connectivity index (χ3v) is 6.42. The summed E-state index contributed by atoms with van der Waals surface area (Å²) in [5.41, 5.74) is 0.296. The third-order valence-electron chi connectivity index (χ3n) is 4.37. The van der Waals surface area contributed by atoms with Gasteiger partial charge in [0.15, 0.2) is 6.61 Å². The number of nitrogens with one attached hydrogen (secondary N) is 1. The molecule has 0 unspecified atom stereocenters. The second-order valence-corrected chi connectivity index (χ2v) is 8.13. The Labute approximate surface area is 160 Å². The maximum atomic E-state index is 12.8. The molecule has 0 atom stereocenters. The molecular weight excluding hydrogens is 370 g/mol. The minimum atomic E-state index is -3.68. The number of sulfonamides is 1. The van der Waals surface area contributed by atoms with E-state index in [0.29, 0.717) is 31.1 Å². The fourth-order valence-electron chi connectivity index (χ4n) is 2.83. The van der Waals surface area contributed by atoms with Crippen LogP contribution in [0.3, 0.4) is 0 Å². The van der Waals surface area contributed by atoms with Crippen molar-refractivity contribution < 1.29 is 22.7 Å². The number of anilines is 1. The van der Waals surface area contributed by atoms with Gasteiger partial charge in [-0.3, -0.25) is 14.5 Å². The SMILES string of the molecule is CCCCNC(=O)CN1C(=O)COc2ccc(S(=O)(=O)N(CC)CC)cc21. The first-order chi connectivity index (χ1) is 12.8.